The molecule has 8 nitrogen and oxygen atoms in total. The second kappa shape index (κ2) is 9.41. The van der Waals surface area contributed by atoms with Gasteiger partial charge in [0.1, 0.15) is 6.04 Å². The summed E-state index contributed by atoms with van der Waals surface area (Å²) in [5.74, 6) is -0.991. The molecule has 0 aliphatic carbocycles. The van der Waals surface area contributed by atoms with Crippen LogP contribution in [0, 0.1) is 0 Å². The highest BCUT2D eigenvalue weighted by molar-refractivity contribution is 6.42. The third-order valence-electron chi connectivity index (χ3n) is 5.83. The number of halogens is 2. The number of hydrogen-bond acceptors (Lipinski definition) is 4. The van der Waals surface area contributed by atoms with Crippen LogP contribution in [0.3, 0.4) is 0 Å². The predicted molar refractivity (Wildman–Crippen MR) is 123 cm³/mol. The maximum atomic E-state index is 12.8. The van der Waals surface area contributed by atoms with Crippen molar-refractivity contribution in [1.82, 2.24) is 20.9 Å². The Labute approximate surface area is 200 Å². The molecule has 0 saturated carbocycles. The van der Waals surface area contributed by atoms with Crippen molar-refractivity contribution in [2.24, 2.45) is 0 Å². The van der Waals surface area contributed by atoms with Crippen LogP contribution in [-0.2, 0) is 22.7 Å². The number of piperidine rings is 1. The van der Waals surface area contributed by atoms with Gasteiger partial charge in [0.25, 0.3) is 5.91 Å². The van der Waals surface area contributed by atoms with Crippen LogP contribution in [0.15, 0.2) is 36.4 Å². The van der Waals surface area contributed by atoms with Gasteiger partial charge in [-0.1, -0.05) is 41.4 Å². The molecule has 172 valence electrons. The minimum atomic E-state index is -0.655. The molecule has 0 bridgehead atoms. The number of carbonyl (C=O) groups is 4. The zero-order chi connectivity index (χ0) is 23.7. The van der Waals surface area contributed by atoms with E-state index in [2.05, 4.69) is 16.0 Å². The van der Waals surface area contributed by atoms with Crippen molar-refractivity contribution >= 4 is 47.0 Å². The second-order valence-corrected chi connectivity index (χ2v) is 8.93. The van der Waals surface area contributed by atoms with E-state index in [-0.39, 0.29) is 43.4 Å². The first-order chi connectivity index (χ1) is 15.7. The highest BCUT2D eigenvalue weighted by Gasteiger charge is 2.39. The lowest BCUT2D eigenvalue weighted by Gasteiger charge is -2.29. The summed E-state index contributed by atoms with van der Waals surface area (Å²) in [7, 11) is 0. The molecule has 3 N–H and O–H groups in total. The summed E-state index contributed by atoms with van der Waals surface area (Å²) >= 11 is 12.0. The molecule has 33 heavy (non-hydrogen) atoms. The Bertz CT molecular complexity index is 1150. The number of carbonyl (C=O) groups excluding carboxylic acids is 4. The van der Waals surface area contributed by atoms with Gasteiger partial charge in [-0.2, -0.15) is 0 Å². The molecule has 0 aromatic heterocycles. The molecule has 10 heteroatoms. The smallest absolute Gasteiger partial charge is 0.315 e. The molecule has 2 atom stereocenters. The Balaban J connectivity index is 1.35. The summed E-state index contributed by atoms with van der Waals surface area (Å²) in [4.78, 5) is 50.2. The highest BCUT2D eigenvalue weighted by atomic mass is 35.5. The molecule has 2 aromatic rings. The van der Waals surface area contributed by atoms with Crippen molar-refractivity contribution < 1.29 is 19.2 Å². The van der Waals surface area contributed by atoms with Gasteiger partial charge in [-0.15, -0.1) is 0 Å². The van der Waals surface area contributed by atoms with Crippen molar-refractivity contribution in [2.45, 2.75) is 44.9 Å². The largest absolute Gasteiger partial charge is 0.334 e. The first-order valence-corrected chi connectivity index (χ1v) is 11.2. The number of rotatable bonds is 5. The fraction of sp³-hybridized carbons (Fsp3) is 0.304. The third kappa shape index (κ3) is 4.96. The number of amides is 5. The topological polar surface area (TPSA) is 108 Å². The van der Waals surface area contributed by atoms with Crippen molar-refractivity contribution in [3.05, 3.63) is 68.7 Å². The molecule has 0 spiro atoms. The van der Waals surface area contributed by atoms with Crippen molar-refractivity contribution in [2.75, 3.05) is 0 Å². The summed E-state index contributed by atoms with van der Waals surface area (Å²) < 4.78 is 0. The fourth-order valence-electron chi connectivity index (χ4n) is 4.03. The zero-order valence-electron chi connectivity index (χ0n) is 17.8. The number of fused-ring (bicyclic) bond motifs is 1. The summed E-state index contributed by atoms with van der Waals surface area (Å²) in [6, 6.07) is 9.23. The van der Waals surface area contributed by atoms with E-state index in [1.165, 1.54) is 4.90 Å². The van der Waals surface area contributed by atoms with E-state index in [1.807, 2.05) is 13.0 Å². The number of nitrogens with zero attached hydrogens (tertiary/aromatic N) is 1. The number of urea groups is 1. The van der Waals surface area contributed by atoms with E-state index in [0.29, 0.717) is 22.0 Å². The minimum Gasteiger partial charge on any atom is -0.334 e. The Kier molecular flexibility index (Phi) is 6.58. The van der Waals surface area contributed by atoms with E-state index in [0.717, 1.165) is 16.7 Å². The summed E-state index contributed by atoms with van der Waals surface area (Å²) in [6.07, 6.45) is 0.525. The Morgan fingerprint density at radius 3 is 2.67 bits per heavy atom. The van der Waals surface area contributed by atoms with Crippen LogP contribution in [0.1, 0.15) is 52.9 Å². The normalized spacial score (nSPS) is 18.6. The second-order valence-electron chi connectivity index (χ2n) is 8.11. The van der Waals surface area contributed by atoms with Gasteiger partial charge < -0.3 is 15.5 Å². The maximum Gasteiger partial charge on any atom is 0.315 e. The van der Waals surface area contributed by atoms with Crippen LogP contribution in [-0.4, -0.2) is 34.7 Å². The number of nitrogens with one attached hydrogen (secondary N) is 3. The molecule has 1 saturated heterocycles. The van der Waals surface area contributed by atoms with Gasteiger partial charge in [0, 0.05) is 25.1 Å². The third-order valence-corrected chi connectivity index (χ3v) is 6.57. The number of hydrogen-bond donors (Lipinski definition) is 3. The zero-order valence-corrected chi connectivity index (χ0v) is 19.3. The number of imide groups is 1. The average Bonchev–Trinajstić information content (AvgIpc) is 3.09. The van der Waals surface area contributed by atoms with Crippen LogP contribution in [0.25, 0.3) is 0 Å². The standard InChI is InChI=1S/C23H22Cl2N4O4/c1-12(14-3-5-17(24)18(25)9-14)27-23(33)26-10-13-2-4-16-15(8-13)11-29(22(16)32)19-6-7-20(30)28-21(19)31/h2-5,8-9,12,19H,6-7,10-11H2,1H3,(H2,26,27,33)(H,28,30,31)/t12-,19?/m1/s1. The monoisotopic (exact) mass is 488 g/mol. The molecule has 0 radical (unpaired) electrons. The molecule has 2 aliphatic heterocycles. The number of benzene rings is 2. The Morgan fingerprint density at radius 1 is 1.15 bits per heavy atom. The van der Waals surface area contributed by atoms with Crippen molar-refractivity contribution in [3.63, 3.8) is 0 Å². The molecule has 1 fully saturated rings. The van der Waals surface area contributed by atoms with Gasteiger partial charge >= 0.3 is 6.03 Å². The molecule has 4 rings (SSSR count). The maximum absolute atomic E-state index is 12.8. The lowest BCUT2D eigenvalue weighted by Crippen LogP contribution is -2.52. The van der Waals surface area contributed by atoms with Gasteiger partial charge in [0.05, 0.1) is 16.1 Å². The van der Waals surface area contributed by atoms with Crippen LogP contribution in [0.4, 0.5) is 4.79 Å². The van der Waals surface area contributed by atoms with Crippen molar-refractivity contribution in [1.29, 1.82) is 0 Å². The summed E-state index contributed by atoms with van der Waals surface area (Å²) in [5, 5.41) is 8.81. The molecule has 1 unspecified atom stereocenters. The molecular formula is C23H22Cl2N4O4. The van der Waals surface area contributed by atoms with E-state index in [1.54, 1.807) is 30.3 Å². The molecular weight excluding hydrogens is 467 g/mol. The lowest BCUT2D eigenvalue weighted by molar-refractivity contribution is -0.136. The van der Waals surface area contributed by atoms with Gasteiger partial charge in [-0.3, -0.25) is 19.7 Å². The van der Waals surface area contributed by atoms with Gasteiger partial charge in [0.2, 0.25) is 11.8 Å². The molecule has 2 aromatic carbocycles. The Morgan fingerprint density at radius 2 is 1.94 bits per heavy atom. The summed E-state index contributed by atoms with van der Waals surface area (Å²) in [6.45, 7) is 2.39. The van der Waals surface area contributed by atoms with Crippen LogP contribution in [0.5, 0.6) is 0 Å². The average molecular weight is 489 g/mol. The Hall–Kier alpha value is -3.10. The highest BCUT2D eigenvalue weighted by Crippen LogP contribution is 2.28. The van der Waals surface area contributed by atoms with E-state index < -0.39 is 11.9 Å². The van der Waals surface area contributed by atoms with Crippen LogP contribution < -0.4 is 16.0 Å². The molecule has 2 aliphatic rings. The van der Waals surface area contributed by atoms with Crippen LogP contribution in [0.2, 0.25) is 10.0 Å². The fourth-order valence-corrected chi connectivity index (χ4v) is 4.34. The molecule has 5 amide bonds. The van der Waals surface area contributed by atoms with E-state index in [4.69, 9.17) is 23.2 Å². The van der Waals surface area contributed by atoms with E-state index >= 15 is 0 Å². The van der Waals surface area contributed by atoms with Gasteiger partial charge in [-0.25, -0.2) is 4.79 Å². The first kappa shape index (κ1) is 23.1. The lowest BCUT2D eigenvalue weighted by atomic mass is 10.0. The predicted octanol–water partition coefficient (Wildman–Crippen LogP) is 3.31. The molecule has 2 heterocycles. The van der Waals surface area contributed by atoms with Gasteiger partial charge in [-0.05, 0) is 48.2 Å². The minimum absolute atomic E-state index is 0.210. The van der Waals surface area contributed by atoms with E-state index in [9.17, 15) is 19.2 Å². The SMILES string of the molecule is C[C@@H](NC(=O)NCc1ccc2c(c1)CN(C1CCC(=O)NC1=O)C2=O)c1ccc(Cl)c(Cl)c1. The first-order valence-electron chi connectivity index (χ1n) is 10.5. The van der Waals surface area contributed by atoms with Crippen LogP contribution >= 0.6 is 23.2 Å². The van der Waals surface area contributed by atoms with Gasteiger partial charge in [0.15, 0.2) is 0 Å². The summed E-state index contributed by atoms with van der Waals surface area (Å²) in [5.41, 5.74) is 2.96. The van der Waals surface area contributed by atoms with Crippen molar-refractivity contribution in [3.8, 4) is 0 Å². The quantitative estimate of drug-likeness (QED) is 0.561.